The van der Waals surface area contributed by atoms with Gasteiger partial charge in [-0.2, -0.15) is 13.2 Å². The Morgan fingerprint density at radius 3 is 2.30 bits per heavy atom. The van der Waals surface area contributed by atoms with Crippen LogP contribution in [0.5, 0.6) is 0 Å². The molecule has 1 aromatic carbocycles. The van der Waals surface area contributed by atoms with Gasteiger partial charge in [0.1, 0.15) is 5.82 Å². The van der Waals surface area contributed by atoms with E-state index < -0.39 is 45.6 Å². The first-order chi connectivity index (χ1) is 10.8. The highest BCUT2D eigenvalue weighted by atomic mass is 32.2. The predicted octanol–water partition coefficient (Wildman–Crippen LogP) is 4.11. The van der Waals surface area contributed by atoms with Gasteiger partial charge in [0.15, 0.2) is 5.78 Å². The van der Waals surface area contributed by atoms with Gasteiger partial charge < -0.3 is 0 Å². The smallest absolute Gasteiger partial charge is 0.294 e. The molecule has 0 N–H and O–H groups in total. The number of rotatable bonds is 2. The van der Waals surface area contributed by atoms with Gasteiger partial charge in [-0.25, -0.2) is 4.39 Å². The summed E-state index contributed by atoms with van der Waals surface area (Å²) in [4.78, 5) is 12.6. The Bertz CT molecular complexity index is 640. The summed E-state index contributed by atoms with van der Waals surface area (Å²) in [5.74, 6) is -2.18. The van der Waals surface area contributed by atoms with Crippen LogP contribution < -0.4 is 0 Å². The molecule has 0 saturated carbocycles. The standard InChI is InChI=1S/C16H16F4O2S/c17-10-4-5-13(14(8-10)16(18,19)20)15(21)9-6-11-2-1-3-12(7-9)23(11)22/h4-5,8-9,11-12H,1-3,6-7H2. The molecule has 0 spiro atoms. The number of hydrogen-bond donors (Lipinski definition) is 0. The molecule has 2 nitrogen and oxygen atoms in total. The maximum atomic E-state index is 13.2. The fourth-order valence-corrected chi connectivity index (χ4v) is 5.82. The molecule has 0 aromatic heterocycles. The molecule has 1 aromatic rings. The van der Waals surface area contributed by atoms with Crippen molar-refractivity contribution in [1.29, 1.82) is 0 Å². The van der Waals surface area contributed by atoms with Crippen molar-refractivity contribution in [2.24, 2.45) is 5.92 Å². The van der Waals surface area contributed by atoms with Crippen molar-refractivity contribution in [3.8, 4) is 0 Å². The maximum Gasteiger partial charge on any atom is 0.417 e. The highest BCUT2D eigenvalue weighted by molar-refractivity contribution is 7.86. The molecular formula is C16H16F4O2S. The SMILES string of the molecule is O=C(c1ccc(F)cc1C(F)(F)F)C1CC2CCCC(C1)S2=O. The lowest BCUT2D eigenvalue weighted by Gasteiger charge is -2.37. The van der Waals surface area contributed by atoms with Gasteiger partial charge in [-0.15, -0.1) is 0 Å². The summed E-state index contributed by atoms with van der Waals surface area (Å²) in [6.07, 6.45) is -1.61. The van der Waals surface area contributed by atoms with Crippen molar-refractivity contribution in [3.05, 3.63) is 35.1 Å². The topological polar surface area (TPSA) is 34.1 Å². The predicted molar refractivity (Wildman–Crippen MR) is 78.0 cm³/mol. The second kappa shape index (κ2) is 6.00. The van der Waals surface area contributed by atoms with E-state index in [0.29, 0.717) is 18.9 Å². The van der Waals surface area contributed by atoms with Crippen LogP contribution in [0.15, 0.2) is 18.2 Å². The van der Waals surface area contributed by atoms with Crippen LogP contribution >= 0.6 is 0 Å². The van der Waals surface area contributed by atoms with Gasteiger partial charge >= 0.3 is 6.18 Å². The van der Waals surface area contributed by atoms with Crippen molar-refractivity contribution < 1.29 is 26.6 Å². The molecule has 7 heteroatoms. The highest BCUT2D eigenvalue weighted by Gasteiger charge is 2.43. The Hall–Kier alpha value is -1.24. The minimum absolute atomic E-state index is 0.105. The van der Waals surface area contributed by atoms with E-state index in [1.165, 1.54) is 0 Å². The van der Waals surface area contributed by atoms with Gasteiger partial charge in [-0.05, 0) is 43.9 Å². The monoisotopic (exact) mass is 348 g/mol. The molecule has 2 aliphatic heterocycles. The molecule has 0 aliphatic carbocycles. The average molecular weight is 348 g/mol. The first-order valence-electron chi connectivity index (χ1n) is 7.57. The number of hydrogen-bond acceptors (Lipinski definition) is 2. The molecule has 0 amide bonds. The fraction of sp³-hybridized carbons (Fsp3) is 0.562. The Kier molecular flexibility index (Phi) is 4.33. The van der Waals surface area contributed by atoms with Gasteiger partial charge in [0, 0.05) is 32.8 Å². The summed E-state index contributed by atoms with van der Waals surface area (Å²) in [5, 5.41) is -0.211. The van der Waals surface area contributed by atoms with Crippen molar-refractivity contribution in [1.82, 2.24) is 0 Å². The second-order valence-electron chi connectivity index (χ2n) is 6.22. The van der Waals surface area contributed by atoms with E-state index in [-0.39, 0.29) is 10.5 Å². The van der Waals surface area contributed by atoms with Crippen molar-refractivity contribution in [2.75, 3.05) is 0 Å². The van der Waals surface area contributed by atoms with E-state index in [1.54, 1.807) is 0 Å². The Morgan fingerprint density at radius 2 is 1.74 bits per heavy atom. The van der Waals surface area contributed by atoms with Crippen molar-refractivity contribution >= 4 is 16.6 Å². The Morgan fingerprint density at radius 1 is 1.13 bits per heavy atom. The lowest BCUT2D eigenvalue weighted by molar-refractivity contribution is -0.138. The minimum atomic E-state index is -4.78. The first kappa shape index (κ1) is 16.6. The zero-order valence-corrected chi connectivity index (χ0v) is 13.1. The molecule has 2 atom stereocenters. The summed E-state index contributed by atoms with van der Waals surface area (Å²) in [6.45, 7) is 0. The number of benzene rings is 1. The summed E-state index contributed by atoms with van der Waals surface area (Å²) >= 11 is 0. The molecule has 2 fully saturated rings. The molecule has 23 heavy (non-hydrogen) atoms. The fourth-order valence-electron chi connectivity index (χ4n) is 3.63. The average Bonchev–Trinajstić information content (AvgIpc) is 2.45. The molecule has 3 rings (SSSR count). The second-order valence-corrected chi connectivity index (χ2v) is 8.21. The maximum absolute atomic E-state index is 13.2. The molecule has 126 valence electrons. The number of alkyl halides is 3. The molecule has 2 saturated heterocycles. The summed E-state index contributed by atoms with van der Waals surface area (Å²) < 4.78 is 64.6. The highest BCUT2D eigenvalue weighted by Crippen LogP contribution is 2.40. The largest absolute Gasteiger partial charge is 0.417 e. The van der Waals surface area contributed by atoms with E-state index in [9.17, 15) is 26.6 Å². The van der Waals surface area contributed by atoms with Crippen LogP contribution in [0, 0.1) is 11.7 Å². The quantitative estimate of drug-likeness (QED) is 0.595. The third kappa shape index (κ3) is 3.20. The molecule has 0 radical (unpaired) electrons. The van der Waals surface area contributed by atoms with Crippen LogP contribution in [0.2, 0.25) is 0 Å². The van der Waals surface area contributed by atoms with Crippen LogP contribution in [0.1, 0.15) is 48.0 Å². The molecule has 2 bridgehead atoms. The van der Waals surface area contributed by atoms with Crippen molar-refractivity contribution in [3.63, 3.8) is 0 Å². The minimum Gasteiger partial charge on any atom is -0.294 e. The number of halogens is 4. The first-order valence-corrected chi connectivity index (χ1v) is 8.85. The van der Waals surface area contributed by atoms with E-state index in [4.69, 9.17) is 0 Å². The number of fused-ring (bicyclic) bond motifs is 2. The van der Waals surface area contributed by atoms with E-state index in [1.807, 2.05) is 0 Å². The molecule has 2 unspecified atom stereocenters. The van der Waals surface area contributed by atoms with Crippen LogP contribution in [0.3, 0.4) is 0 Å². The van der Waals surface area contributed by atoms with Crippen LogP contribution in [0.4, 0.5) is 17.6 Å². The summed E-state index contributed by atoms with van der Waals surface area (Å²) in [5.41, 5.74) is -1.70. The van der Waals surface area contributed by atoms with Gasteiger partial charge in [-0.1, -0.05) is 6.42 Å². The van der Waals surface area contributed by atoms with E-state index >= 15 is 0 Å². The van der Waals surface area contributed by atoms with Crippen LogP contribution in [-0.2, 0) is 17.0 Å². The number of ketones is 1. The van der Waals surface area contributed by atoms with Gasteiger partial charge in [0.2, 0.25) is 0 Å². The molecular weight excluding hydrogens is 332 g/mol. The molecule has 2 aliphatic rings. The van der Waals surface area contributed by atoms with E-state index in [2.05, 4.69) is 0 Å². The lowest BCUT2D eigenvalue weighted by Crippen LogP contribution is -2.41. The number of carbonyl (C=O) groups excluding carboxylic acids is 1. The van der Waals surface area contributed by atoms with Crippen LogP contribution in [-0.4, -0.2) is 20.5 Å². The third-order valence-electron chi connectivity index (χ3n) is 4.73. The van der Waals surface area contributed by atoms with Gasteiger partial charge in [0.25, 0.3) is 0 Å². The van der Waals surface area contributed by atoms with Crippen LogP contribution in [0.25, 0.3) is 0 Å². The zero-order chi connectivity index (χ0) is 16.8. The number of carbonyl (C=O) groups is 1. The van der Waals surface area contributed by atoms with Crippen molar-refractivity contribution in [2.45, 2.75) is 48.8 Å². The van der Waals surface area contributed by atoms with E-state index in [0.717, 1.165) is 31.4 Å². The Labute approximate surface area is 133 Å². The molecule has 2 heterocycles. The van der Waals surface area contributed by atoms with Gasteiger partial charge in [-0.3, -0.25) is 9.00 Å². The Balaban J connectivity index is 1.91. The summed E-state index contributed by atoms with van der Waals surface area (Å²) in [7, 11) is -0.990. The summed E-state index contributed by atoms with van der Waals surface area (Å²) in [6, 6.07) is 2.17. The normalized spacial score (nSPS) is 31.0. The lowest BCUT2D eigenvalue weighted by atomic mass is 9.83. The number of Topliss-reactive ketones (excluding diaryl/α,β-unsaturated/α-hetero) is 1. The zero-order valence-electron chi connectivity index (χ0n) is 12.2. The third-order valence-corrected chi connectivity index (χ3v) is 6.90. The van der Waals surface area contributed by atoms with Gasteiger partial charge in [0.05, 0.1) is 5.56 Å².